The molecule has 0 N–H and O–H groups in total. The molecule has 0 atom stereocenters. The van der Waals surface area contributed by atoms with Crippen LogP contribution in [0.2, 0.25) is 0 Å². The minimum Gasteiger partial charge on any atom is -0.457 e. The number of para-hydroxylation sites is 1. The Morgan fingerprint density at radius 1 is 0.962 bits per heavy atom. The Hall–Kier alpha value is -3.15. The maximum atomic E-state index is 12.3. The first-order valence-corrected chi connectivity index (χ1v) is 8.47. The Kier molecular flexibility index (Phi) is 5.31. The van der Waals surface area contributed by atoms with Crippen molar-refractivity contribution < 1.29 is 19.1 Å². The van der Waals surface area contributed by atoms with E-state index in [1.807, 2.05) is 30.3 Å². The molecule has 0 spiro atoms. The molecule has 2 aromatic rings. The number of carbonyl (C=O) groups excluding carboxylic acids is 3. The second-order valence-electron chi connectivity index (χ2n) is 6.05. The number of rotatable bonds is 6. The van der Waals surface area contributed by atoms with Gasteiger partial charge in [0.05, 0.1) is 0 Å². The van der Waals surface area contributed by atoms with E-state index in [1.54, 1.807) is 31.3 Å². The van der Waals surface area contributed by atoms with Gasteiger partial charge in [-0.05, 0) is 36.4 Å². The molecule has 0 aromatic heterocycles. The molecule has 3 rings (SSSR count). The highest BCUT2D eigenvalue weighted by Crippen LogP contribution is 2.24. The summed E-state index contributed by atoms with van der Waals surface area (Å²) in [6.45, 7) is 0.135. The van der Waals surface area contributed by atoms with E-state index in [-0.39, 0.29) is 43.5 Å². The smallest absolute Gasteiger partial charge is 0.229 e. The average Bonchev–Trinajstić information content (AvgIpc) is 2.98. The third kappa shape index (κ3) is 4.08. The number of carbonyl (C=O) groups is 3. The third-order valence-corrected chi connectivity index (χ3v) is 4.28. The Morgan fingerprint density at radius 3 is 2.15 bits per heavy atom. The number of nitrogens with zero attached hydrogens (tertiary/aromatic N) is 2. The van der Waals surface area contributed by atoms with Crippen molar-refractivity contribution in [2.45, 2.75) is 19.3 Å². The molecule has 0 unspecified atom stereocenters. The zero-order valence-corrected chi connectivity index (χ0v) is 14.6. The van der Waals surface area contributed by atoms with Crippen molar-refractivity contribution in [2.75, 3.05) is 18.5 Å². The molecule has 2 aromatic carbocycles. The van der Waals surface area contributed by atoms with E-state index in [0.717, 1.165) is 11.4 Å². The maximum absolute atomic E-state index is 12.3. The van der Waals surface area contributed by atoms with Crippen LogP contribution in [0.4, 0.5) is 5.69 Å². The second-order valence-corrected chi connectivity index (χ2v) is 6.05. The summed E-state index contributed by atoms with van der Waals surface area (Å²) in [6.07, 6.45) is 0.591. The molecule has 0 radical (unpaired) electrons. The van der Waals surface area contributed by atoms with Crippen LogP contribution in [0.3, 0.4) is 0 Å². The zero-order valence-electron chi connectivity index (χ0n) is 14.6. The Morgan fingerprint density at radius 2 is 1.54 bits per heavy atom. The van der Waals surface area contributed by atoms with Crippen LogP contribution < -0.4 is 9.64 Å². The molecule has 6 nitrogen and oxygen atoms in total. The quantitative estimate of drug-likeness (QED) is 0.750. The van der Waals surface area contributed by atoms with Gasteiger partial charge in [-0.2, -0.15) is 0 Å². The van der Waals surface area contributed by atoms with E-state index < -0.39 is 0 Å². The highest BCUT2D eigenvalue weighted by molar-refractivity contribution is 6.02. The van der Waals surface area contributed by atoms with Crippen LogP contribution in [0.25, 0.3) is 0 Å². The van der Waals surface area contributed by atoms with E-state index in [4.69, 9.17) is 4.74 Å². The van der Waals surface area contributed by atoms with Crippen molar-refractivity contribution in [1.82, 2.24) is 4.90 Å². The lowest BCUT2D eigenvalue weighted by Gasteiger charge is -2.20. The number of benzene rings is 2. The van der Waals surface area contributed by atoms with Gasteiger partial charge in [0.15, 0.2) is 0 Å². The van der Waals surface area contributed by atoms with Crippen LogP contribution in [-0.2, 0) is 14.4 Å². The molecule has 6 heteroatoms. The van der Waals surface area contributed by atoms with Crippen LogP contribution >= 0.6 is 0 Å². The van der Waals surface area contributed by atoms with Gasteiger partial charge in [-0.25, -0.2) is 0 Å². The van der Waals surface area contributed by atoms with Crippen molar-refractivity contribution in [1.29, 1.82) is 0 Å². The highest BCUT2D eigenvalue weighted by atomic mass is 16.5. The van der Waals surface area contributed by atoms with E-state index in [9.17, 15) is 14.4 Å². The monoisotopic (exact) mass is 352 g/mol. The van der Waals surface area contributed by atoms with Crippen LogP contribution in [0.5, 0.6) is 11.5 Å². The van der Waals surface area contributed by atoms with E-state index in [1.165, 1.54) is 9.80 Å². The number of imide groups is 1. The summed E-state index contributed by atoms with van der Waals surface area (Å²) in [6, 6.07) is 16.6. The summed E-state index contributed by atoms with van der Waals surface area (Å²) in [4.78, 5) is 38.2. The summed E-state index contributed by atoms with van der Waals surface area (Å²) < 4.78 is 5.73. The van der Waals surface area contributed by atoms with E-state index in [2.05, 4.69) is 0 Å². The summed E-state index contributed by atoms with van der Waals surface area (Å²) in [5, 5.41) is 0. The molecule has 0 bridgehead atoms. The first-order chi connectivity index (χ1) is 12.5. The Labute approximate surface area is 152 Å². The standard InChI is InChI=1S/C20H20N2O4/c1-21(18(23)13-14-22-19(24)11-12-20(22)25)15-7-9-17(10-8-15)26-16-5-3-2-4-6-16/h2-10H,11-14H2,1H3. The molecule has 1 fully saturated rings. The molecule has 26 heavy (non-hydrogen) atoms. The molecule has 1 aliphatic heterocycles. The number of hydrogen-bond acceptors (Lipinski definition) is 4. The van der Waals surface area contributed by atoms with Gasteiger partial charge in [-0.3, -0.25) is 19.3 Å². The summed E-state index contributed by atoms with van der Waals surface area (Å²) in [5.41, 5.74) is 0.717. The molecule has 134 valence electrons. The number of ether oxygens (including phenoxy) is 1. The van der Waals surface area contributed by atoms with Gasteiger partial charge >= 0.3 is 0 Å². The minimum atomic E-state index is -0.201. The Balaban J connectivity index is 1.57. The highest BCUT2D eigenvalue weighted by Gasteiger charge is 2.29. The predicted octanol–water partition coefficient (Wildman–Crippen LogP) is 2.98. The van der Waals surface area contributed by atoms with Gasteiger partial charge in [0.1, 0.15) is 11.5 Å². The molecule has 1 heterocycles. The van der Waals surface area contributed by atoms with Gasteiger partial charge in [-0.15, -0.1) is 0 Å². The second kappa shape index (κ2) is 7.82. The van der Waals surface area contributed by atoms with Crippen molar-refractivity contribution in [3.05, 3.63) is 54.6 Å². The lowest BCUT2D eigenvalue weighted by atomic mass is 10.2. The minimum absolute atomic E-state index is 0.107. The molecule has 1 aliphatic rings. The van der Waals surface area contributed by atoms with Crippen LogP contribution in [0, 0.1) is 0 Å². The first-order valence-electron chi connectivity index (χ1n) is 8.47. The fourth-order valence-electron chi connectivity index (χ4n) is 2.75. The van der Waals surface area contributed by atoms with Crippen LogP contribution in [0.15, 0.2) is 54.6 Å². The van der Waals surface area contributed by atoms with E-state index >= 15 is 0 Å². The predicted molar refractivity (Wildman–Crippen MR) is 96.9 cm³/mol. The fraction of sp³-hybridized carbons (Fsp3) is 0.250. The largest absolute Gasteiger partial charge is 0.457 e. The number of amides is 3. The average molecular weight is 352 g/mol. The third-order valence-electron chi connectivity index (χ3n) is 4.28. The van der Waals surface area contributed by atoms with Gasteiger partial charge in [-0.1, -0.05) is 18.2 Å². The molecule has 3 amide bonds. The van der Waals surface area contributed by atoms with Gasteiger partial charge in [0.25, 0.3) is 0 Å². The van der Waals surface area contributed by atoms with Crippen molar-refractivity contribution in [3.63, 3.8) is 0 Å². The van der Waals surface area contributed by atoms with Crippen LogP contribution in [-0.4, -0.2) is 36.2 Å². The zero-order chi connectivity index (χ0) is 18.5. The molecular formula is C20H20N2O4. The lowest BCUT2D eigenvalue weighted by molar-refractivity contribution is -0.138. The fourth-order valence-corrected chi connectivity index (χ4v) is 2.75. The molecular weight excluding hydrogens is 332 g/mol. The molecule has 0 saturated carbocycles. The van der Waals surface area contributed by atoms with Crippen molar-refractivity contribution in [3.8, 4) is 11.5 Å². The summed E-state index contributed by atoms with van der Waals surface area (Å²) in [5.74, 6) is 0.855. The maximum Gasteiger partial charge on any atom is 0.229 e. The van der Waals surface area contributed by atoms with Crippen molar-refractivity contribution >= 4 is 23.4 Å². The molecule has 1 saturated heterocycles. The van der Waals surface area contributed by atoms with Gasteiger partial charge in [0, 0.05) is 38.5 Å². The normalized spacial score (nSPS) is 13.8. The van der Waals surface area contributed by atoms with Crippen LogP contribution in [0.1, 0.15) is 19.3 Å². The molecule has 0 aliphatic carbocycles. The topological polar surface area (TPSA) is 66.9 Å². The van der Waals surface area contributed by atoms with Crippen molar-refractivity contribution in [2.24, 2.45) is 0 Å². The van der Waals surface area contributed by atoms with E-state index in [0.29, 0.717) is 5.75 Å². The van der Waals surface area contributed by atoms with Gasteiger partial charge < -0.3 is 9.64 Å². The summed E-state index contributed by atoms with van der Waals surface area (Å²) in [7, 11) is 1.67. The van der Waals surface area contributed by atoms with Gasteiger partial charge in [0.2, 0.25) is 17.7 Å². The SMILES string of the molecule is CN(C(=O)CCN1C(=O)CCC1=O)c1ccc(Oc2ccccc2)cc1. The number of anilines is 1. The number of hydrogen-bond donors (Lipinski definition) is 0. The first kappa shape index (κ1) is 17.7. The summed E-state index contributed by atoms with van der Waals surface area (Å²) >= 11 is 0. The Bertz CT molecular complexity index is 786. The lowest BCUT2D eigenvalue weighted by Crippen LogP contribution is -2.34. The number of likely N-dealkylation sites (tertiary alicyclic amines) is 1.